The van der Waals surface area contributed by atoms with Crippen LogP contribution < -0.4 is 10.6 Å². The Hall–Kier alpha value is -2.41. The molecule has 2 aliphatic rings. The van der Waals surface area contributed by atoms with Gasteiger partial charge in [0.05, 0.1) is 19.0 Å². The molecule has 2 saturated heterocycles. The first-order chi connectivity index (χ1) is 11.5. The van der Waals surface area contributed by atoms with E-state index in [0.717, 1.165) is 11.1 Å². The lowest BCUT2D eigenvalue weighted by Gasteiger charge is -2.40. The van der Waals surface area contributed by atoms with Gasteiger partial charge >= 0.3 is 6.03 Å². The van der Waals surface area contributed by atoms with Crippen LogP contribution in [0.15, 0.2) is 24.3 Å². The summed E-state index contributed by atoms with van der Waals surface area (Å²) < 4.78 is 0. The molecule has 1 aromatic carbocycles. The van der Waals surface area contributed by atoms with Crippen molar-refractivity contribution >= 4 is 17.8 Å². The third kappa shape index (κ3) is 3.73. The summed E-state index contributed by atoms with van der Waals surface area (Å²) in [6, 6.07) is 7.47. The number of hydrogen-bond donors (Lipinski definition) is 2. The van der Waals surface area contributed by atoms with Crippen LogP contribution in [0.4, 0.5) is 4.79 Å². The normalized spacial score (nSPS) is 22.0. The minimum Gasteiger partial charge on any atom is -0.340 e. The Balaban J connectivity index is 1.53. The van der Waals surface area contributed by atoms with Crippen LogP contribution >= 0.6 is 0 Å². The summed E-state index contributed by atoms with van der Waals surface area (Å²) in [6.07, 6.45) is 0.387. The molecule has 2 N–H and O–H groups in total. The van der Waals surface area contributed by atoms with Crippen LogP contribution in [0.5, 0.6) is 0 Å². The summed E-state index contributed by atoms with van der Waals surface area (Å²) in [5, 5.41) is 4.99. The number of hydrogen-bond acceptors (Lipinski definition) is 4. The number of nitrogens with one attached hydrogen (secondary N) is 2. The van der Waals surface area contributed by atoms with E-state index in [4.69, 9.17) is 0 Å². The quantitative estimate of drug-likeness (QED) is 0.832. The highest BCUT2D eigenvalue weighted by Gasteiger charge is 2.31. The first-order valence-corrected chi connectivity index (χ1v) is 8.19. The van der Waals surface area contributed by atoms with Gasteiger partial charge < -0.3 is 10.2 Å². The molecule has 0 aliphatic carbocycles. The molecule has 7 nitrogen and oxygen atoms in total. The van der Waals surface area contributed by atoms with E-state index >= 15 is 0 Å². The number of piperazine rings is 1. The van der Waals surface area contributed by atoms with Crippen LogP contribution in [0.25, 0.3) is 0 Å². The highest BCUT2D eigenvalue weighted by molar-refractivity contribution is 5.97. The monoisotopic (exact) mass is 330 g/mol. The number of aryl methyl sites for hydroxylation is 1. The maximum absolute atomic E-state index is 12.5. The predicted octanol–water partition coefficient (Wildman–Crippen LogP) is 0.237. The Labute approximate surface area is 141 Å². The predicted molar refractivity (Wildman–Crippen MR) is 88.1 cm³/mol. The Morgan fingerprint density at radius 3 is 2.54 bits per heavy atom. The Bertz CT molecular complexity index is 637. The van der Waals surface area contributed by atoms with Crippen molar-refractivity contribution in [2.75, 3.05) is 26.2 Å². The number of benzene rings is 1. The van der Waals surface area contributed by atoms with Gasteiger partial charge in [0.2, 0.25) is 11.8 Å². The molecule has 128 valence electrons. The lowest BCUT2D eigenvalue weighted by Crippen LogP contribution is -2.62. The van der Waals surface area contributed by atoms with Crippen LogP contribution in [-0.4, -0.2) is 60.0 Å². The van der Waals surface area contributed by atoms with Crippen LogP contribution in [-0.2, 0) is 16.0 Å². The Kier molecular flexibility index (Phi) is 4.80. The second kappa shape index (κ2) is 7.00. The third-order valence-electron chi connectivity index (χ3n) is 4.64. The molecule has 2 aliphatic heterocycles. The van der Waals surface area contributed by atoms with Gasteiger partial charge in [0.25, 0.3) is 0 Å². The summed E-state index contributed by atoms with van der Waals surface area (Å²) in [6.45, 7) is 4.53. The van der Waals surface area contributed by atoms with Crippen molar-refractivity contribution in [3.63, 3.8) is 0 Å². The summed E-state index contributed by atoms with van der Waals surface area (Å²) in [5.41, 5.74) is 2.18. The molecule has 2 fully saturated rings. The fraction of sp³-hybridized carbons (Fsp3) is 0.471. The number of nitrogens with zero attached hydrogens (tertiary/aromatic N) is 2. The average molecular weight is 330 g/mol. The molecular weight excluding hydrogens is 308 g/mol. The van der Waals surface area contributed by atoms with Crippen molar-refractivity contribution in [1.29, 1.82) is 0 Å². The summed E-state index contributed by atoms with van der Waals surface area (Å²) in [7, 11) is 0. The maximum atomic E-state index is 12.5. The molecule has 0 spiro atoms. The number of imide groups is 1. The standard InChI is InChI=1S/C17H22N4O3/c1-12-4-2-3-5-13(12)10-16(23)21-8-6-20(7-9-21)14-11-15(22)19-17(24)18-14/h2-5,14H,6-11H2,1H3,(H2,18,19,22,24). The second-order valence-corrected chi connectivity index (χ2v) is 6.26. The first kappa shape index (κ1) is 16.4. The van der Waals surface area contributed by atoms with Crippen molar-refractivity contribution in [3.05, 3.63) is 35.4 Å². The zero-order valence-electron chi connectivity index (χ0n) is 13.7. The average Bonchev–Trinajstić information content (AvgIpc) is 2.56. The van der Waals surface area contributed by atoms with E-state index in [1.165, 1.54) is 0 Å². The van der Waals surface area contributed by atoms with Gasteiger partial charge in [0.1, 0.15) is 0 Å². The van der Waals surface area contributed by atoms with Gasteiger partial charge in [-0.25, -0.2) is 4.79 Å². The molecule has 0 radical (unpaired) electrons. The van der Waals surface area contributed by atoms with Crippen LogP contribution in [0.3, 0.4) is 0 Å². The van der Waals surface area contributed by atoms with Gasteiger partial charge in [-0.05, 0) is 18.1 Å². The molecule has 0 saturated carbocycles. The van der Waals surface area contributed by atoms with E-state index in [2.05, 4.69) is 10.6 Å². The molecule has 7 heteroatoms. The smallest absolute Gasteiger partial charge is 0.322 e. The van der Waals surface area contributed by atoms with Crippen molar-refractivity contribution in [2.45, 2.75) is 25.9 Å². The lowest BCUT2D eigenvalue weighted by molar-refractivity contribution is -0.133. The highest BCUT2D eigenvalue weighted by Crippen LogP contribution is 2.13. The molecule has 1 atom stereocenters. The minimum absolute atomic E-state index is 0.120. The van der Waals surface area contributed by atoms with Gasteiger partial charge in [-0.2, -0.15) is 0 Å². The Morgan fingerprint density at radius 1 is 1.17 bits per heavy atom. The van der Waals surface area contributed by atoms with Gasteiger partial charge in [-0.1, -0.05) is 24.3 Å². The topological polar surface area (TPSA) is 81.8 Å². The second-order valence-electron chi connectivity index (χ2n) is 6.26. The number of amides is 4. The van der Waals surface area contributed by atoms with Crippen LogP contribution in [0, 0.1) is 6.92 Å². The van der Waals surface area contributed by atoms with Crippen LogP contribution in [0.1, 0.15) is 17.5 Å². The number of urea groups is 1. The van der Waals surface area contributed by atoms with E-state index < -0.39 is 6.03 Å². The van der Waals surface area contributed by atoms with Gasteiger partial charge in [-0.15, -0.1) is 0 Å². The van der Waals surface area contributed by atoms with Crippen LogP contribution in [0.2, 0.25) is 0 Å². The number of carbonyl (C=O) groups is 3. The lowest BCUT2D eigenvalue weighted by atomic mass is 10.1. The van der Waals surface area contributed by atoms with E-state index in [1.54, 1.807) is 0 Å². The summed E-state index contributed by atoms with van der Waals surface area (Å²) >= 11 is 0. The maximum Gasteiger partial charge on any atom is 0.322 e. The molecule has 24 heavy (non-hydrogen) atoms. The molecule has 4 amide bonds. The minimum atomic E-state index is -0.450. The molecule has 2 heterocycles. The summed E-state index contributed by atoms with van der Waals surface area (Å²) in [4.78, 5) is 39.3. The van der Waals surface area contributed by atoms with Gasteiger partial charge in [0, 0.05) is 26.2 Å². The van der Waals surface area contributed by atoms with Crippen molar-refractivity contribution in [3.8, 4) is 0 Å². The van der Waals surface area contributed by atoms with Crippen molar-refractivity contribution in [1.82, 2.24) is 20.4 Å². The number of carbonyl (C=O) groups excluding carboxylic acids is 3. The largest absolute Gasteiger partial charge is 0.340 e. The molecule has 1 aromatic rings. The van der Waals surface area contributed by atoms with E-state index in [-0.39, 0.29) is 24.4 Å². The first-order valence-electron chi connectivity index (χ1n) is 8.19. The molecule has 3 rings (SSSR count). The van der Waals surface area contributed by atoms with Crippen molar-refractivity contribution < 1.29 is 14.4 Å². The molecule has 1 unspecified atom stereocenters. The molecule has 0 bridgehead atoms. The SMILES string of the molecule is Cc1ccccc1CC(=O)N1CCN(C2CC(=O)NC(=O)N2)CC1. The highest BCUT2D eigenvalue weighted by atomic mass is 16.2. The van der Waals surface area contributed by atoms with E-state index in [9.17, 15) is 14.4 Å². The fourth-order valence-electron chi connectivity index (χ4n) is 3.18. The third-order valence-corrected chi connectivity index (χ3v) is 4.64. The van der Waals surface area contributed by atoms with Gasteiger partial charge in [-0.3, -0.25) is 19.8 Å². The molecular formula is C17H22N4O3. The van der Waals surface area contributed by atoms with Gasteiger partial charge in [0.15, 0.2) is 0 Å². The number of rotatable bonds is 3. The fourth-order valence-corrected chi connectivity index (χ4v) is 3.18. The Morgan fingerprint density at radius 2 is 1.88 bits per heavy atom. The summed E-state index contributed by atoms with van der Waals surface area (Å²) in [5.74, 6) is -0.142. The van der Waals surface area contributed by atoms with E-state index in [0.29, 0.717) is 32.6 Å². The zero-order chi connectivity index (χ0) is 17.1. The van der Waals surface area contributed by atoms with Crippen molar-refractivity contribution in [2.24, 2.45) is 0 Å². The zero-order valence-corrected chi connectivity index (χ0v) is 13.7. The van der Waals surface area contributed by atoms with E-state index in [1.807, 2.05) is 41.0 Å². The molecule has 0 aromatic heterocycles.